The molecular formula is C20H20N2O2S2. The summed E-state index contributed by atoms with van der Waals surface area (Å²) in [5.41, 5.74) is 4.25. The number of thiazole rings is 1. The molecule has 0 saturated carbocycles. The van der Waals surface area contributed by atoms with E-state index in [-0.39, 0.29) is 12.5 Å². The number of aryl methyl sites for hydroxylation is 1. The van der Waals surface area contributed by atoms with Crippen LogP contribution in [0.15, 0.2) is 53.9 Å². The largest absolute Gasteiger partial charge is 0.497 e. The van der Waals surface area contributed by atoms with Crippen molar-refractivity contribution in [3.05, 3.63) is 69.0 Å². The van der Waals surface area contributed by atoms with E-state index in [0.29, 0.717) is 10.5 Å². The summed E-state index contributed by atoms with van der Waals surface area (Å²) in [5.74, 6) is 0.732. The van der Waals surface area contributed by atoms with Gasteiger partial charge in [-0.3, -0.25) is 4.79 Å². The highest BCUT2D eigenvalue weighted by Crippen LogP contribution is 2.24. The van der Waals surface area contributed by atoms with Crippen molar-refractivity contribution in [3.63, 3.8) is 0 Å². The topological polar surface area (TPSA) is 43.3 Å². The van der Waals surface area contributed by atoms with Crippen molar-refractivity contribution in [2.75, 3.05) is 7.11 Å². The molecule has 0 radical (unpaired) electrons. The number of nitrogens with one attached hydrogen (secondary N) is 1. The molecule has 0 bridgehead atoms. The maximum Gasteiger partial charge on any atom is 0.240 e. The fourth-order valence-electron chi connectivity index (χ4n) is 2.57. The van der Waals surface area contributed by atoms with Gasteiger partial charge in [-0.05, 0) is 42.4 Å². The summed E-state index contributed by atoms with van der Waals surface area (Å²) in [5, 5.41) is 4.95. The number of rotatable bonds is 6. The zero-order valence-electron chi connectivity index (χ0n) is 14.7. The Morgan fingerprint density at radius 3 is 2.50 bits per heavy atom. The molecule has 1 N–H and O–H groups in total. The quantitative estimate of drug-likeness (QED) is 0.633. The molecule has 4 nitrogen and oxygen atoms in total. The predicted octanol–water partition coefficient (Wildman–Crippen LogP) is 4.58. The van der Waals surface area contributed by atoms with Gasteiger partial charge in [0.05, 0.1) is 12.8 Å². The van der Waals surface area contributed by atoms with Gasteiger partial charge in [-0.1, -0.05) is 42.0 Å². The number of carbonyl (C=O) groups excluding carboxylic acids is 1. The summed E-state index contributed by atoms with van der Waals surface area (Å²) in [4.78, 5) is 12.4. The molecule has 0 fully saturated rings. The maximum absolute atomic E-state index is 12.4. The molecule has 0 unspecified atom stereocenters. The molecule has 3 aromatic rings. The Bertz CT molecular complexity index is 941. The van der Waals surface area contributed by atoms with Gasteiger partial charge in [0.1, 0.15) is 12.3 Å². The zero-order chi connectivity index (χ0) is 18.5. The summed E-state index contributed by atoms with van der Waals surface area (Å²) in [6.45, 7) is 2.73. The predicted molar refractivity (Wildman–Crippen MR) is 108 cm³/mol. The molecular weight excluding hydrogens is 364 g/mol. The van der Waals surface area contributed by atoms with Crippen LogP contribution < -0.4 is 10.1 Å². The van der Waals surface area contributed by atoms with Crippen LogP contribution in [0.3, 0.4) is 0 Å². The van der Waals surface area contributed by atoms with Crippen LogP contribution in [0.2, 0.25) is 0 Å². The molecule has 0 atom stereocenters. The Labute approximate surface area is 162 Å². The number of hydrogen-bond donors (Lipinski definition) is 1. The Morgan fingerprint density at radius 2 is 1.85 bits per heavy atom. The highest BCUT2D eigenvalue weighted by atomic mass is 32.1. The highest BCUT2D eigenvalue weighted by molar-refractivity contribution is 7.73. The van der Waals surface area contributed by atoms with Crippen LogP contribution in [0.25, 0.3) is 11.3 Å². The lowest BCUT2D eigenvalue weighted by Gasteiger charge is -2.10. The van der Waals surface area contributed by atoms with Gasteiger partial charge in [0.25, 0.3) is 0 Å². The molecule has 6 heteroatoms. The summed E-state index contributed by atoms with van der Waals surface area (Å²) < 4.78 is 7.72. The lowest BCUT2D eigenvalue weighted by atomic mass is 10.1. The Balaban J connectivity index is 1.68. The number of carbonyl (C=O) groups is 1. The van der Waals surface area contributed by atoms with Crippen molar-refractivity contribution >= 4 is 29.5 Å². The van der Waals surface area contributed by atoms with Crippen molar-refractivity contribution in [2.24, 2.45) is 0 Å². The first-order chi connectivity index (χ1) is 12.6. The second-order valence-corrected chi connectivity index (χ2v) is 7.47. The average Bonchev–Trinajstić information content (AvgIpc) is 3.01. The maximum atomic E-state index is 12.4. The minimum absolute atomic E-state index is 0.0660. The fourth-order valence-corrected chi connectivity index (χ4v) is 3.65. The molecule has 26 heavy (non-hydrogen) atoms. The van der Waals surface area contributed by atoms with Crippen molar-refractivity contribution in [1.29, 1.82) is 0 Å². The standard InChI is InChI=1S/C20H20N2O2S2/c1-14-3-7-16(8-4-14)18-13-26-20(25)22(18)12-19(23)21-11-15-5-9-17(24-2)10-6-15/h3-10,13H,11-12H2,1-2H3,(H,21,23). The van der Waals surface area contributed by atoms with Gasteiger partial charge in [0, 0.05) is 11.9 Å². The Kier molecular flexibility index (Phi) is 5.85. The third-order valence-corrected chi connectivity index (χ3v) is 5.35. The smallest absolute Gasteiger partial charge is 0.240 e. The van der Waals surface area contributed by atoms with Crippen molar-refractivity contribution in [2.45, 2.75) is 20.0 Å². The first-order valence-corrected chi connectivity index (χ1v) is 9.50. The number of nitrogens with zero attached hydrogens (tertiary/aromatic N) is 1. The number of aromatic nitrogens is 1. The number of methoxy groups -OCH3 is 1. The third kappa shape index (κ3) is 4.39. The number of hydrogen-bond acceptors (Lipinski definition) is 4. The van der Waals surface area contributed by atoms with Gasteiger partial charge in [-0.25, -0.2) is 0 Å². The van der Waals surface area contributed by atoms with Gasteiger partial charge in [0.2, 0.25) is 5.91 Å². The molecule has 1 amide bonds. The van der Waals surface area contributed by atoms with Gasteiger partial charge in [0.15, 0.2) is 3.95 Å². The molecule has 134 valence electrons. The van der Waals surface area contributed by atoms with Crippen LogP contribution in [0.4, 0.5) is 0 Å². The summed E-state index contributed by atoms with van der Waals surface area (Å²) in [6.07, 6.45) is 0. The molecule has 0 aliphatic carbocycles. The van der Waals surface area contributed by atoms with Crippen LogP contribution >= 0.6 is 23.6 Å². The van der Waals surface area contributed by atoms with E-state index in [0.717, 1.165) is 22.6 Å². The summed E-state index contributed by atoms with van der Waals surface area (Å²) >= 11 is 6.88. The normalized spacial score (nSPS) is 10.5. The third-order valence-electron chi connectivity index (χ3n) is 4.08. The number of ether oxygens (including phenoxy) is 1. The van der Waals surface area contributed by atoms with Crippen LogP contribution in [0.1, 0.15) is 11.1 Å². The first-order valence-electron chi connectivity index (χ1n) is 8.22. The minimum atomic E-state index is -0.0660. The highest BCUT2D eigenvalue weighted by Gasteiger charge is 2.11. The molecule has 0 aliphatic heterocycles. The van der Waals surface area contributed by atoms with Crippen molar-refractivity contribution in [3.8, 4) is 17.0 Å². The zero-order valence-corrected chi connectivity index (χ0v) is 16.3. The van der Waals surface area contributed by atoms with Crippen LogP contribution in [0.5, 0.6) is 5.75 Å². The summed E-state index contributed by atoms with van der Waals surface area (Å²) in [6, 6.07) is 15.9. The minimum Gasteiger partial charge on any atom is -0.497 e. The van der Waals surface area contributed by atoms with Crippen molar-refractivity contribution < 1.29 is 9.53 Å². The number of benzene rings is 2. The summed E-state index contributed by atoms with van der Waals surface area (Å²) in [7, 11) is 1.63. The molecule has 1 aromatic heterocycles. The van der Waals surface area contributed by atoms with Crippen LogP contribution in [0, 0.1) is 10.9 Å². The van der Waals surface area contributed by atoms with Crippen LogP contribution in [-0.2, 0) is 17.9 Å². The lowest BCUT2D eigenvalue weighted by molar-refractivity contribution is -0.121. The number of amides is 1. The fraction of sp³-hybridized carbons (Fsp3) is 0.200. The second-order valence-electron chi connectivity index (χ2n) is 5.96. The molecule has 0 spiro atoms. The lowest BCUT2D eigenvalue weighted by Crippen LogP contribution is -2.27. The van der Waals surface area contributed by atoms with Crippen LogP contribution in [-0.4, -0.2) is 17.6 Å². The van der Waals surface area contributed by atoms with E-state index in [1.165, 1.54) is 16.9 Å². The average molecular weight is 385 g/mol. The Hall–Kier alpha value is -2.44. The van der Waals surface area contributed by atoms with E-state index in [1.54, 1.807) is 7.11 Å². The first kappa shape index (κ1) is 18.4. The SMILES string of the molecule is COc1ccc(CNC(=O)Cn2c(-c3ccc(C)cc3)csc2=S)cc1. The molecule has 2 aromatic carbocycles. The molecule has 0 aliphatic rings. The second kappa shape index (κ2) is 8.29. The Morgan fingerprint density at radius 1 is 1.15 bits per heavy atom. The van der Waals surface area contributed by atoms with Crippen molar-refractivity contribution in [1.82, 2.24) is 9.88 Å². The van der Waals surface area contributed by atoms with E-state index < -0.39 is 0 Å². The van der Waals surface area contributed by atoms with Gasteiger partial charge >= 0.3 is 0 Å². The molecule has 1 heterocycles. The van der Waals surface area contributed by atoms with E-state index in [4.69, 9.17) is 17.0 Å². The van der Waals surface area contributed by atoms with E-state index in [1.807, 2.05) is 34.2 Å². The van der Waals surface area contributed by atoms with Gasteiger partial charge < -0.3 is 14.6 Å². The van der Waals surface area contributed by atoms with E-state index in [2.05, 4.69) is 36.5 Å². The monoisotopic (exact) mass is 384 g/mol. The van der Waals surface area contributed by atoms with Gasteiger partial charge in [-0.2, -0.15) is 0 Å². The molecule has 3 rings (SSSR count). The molecule has 0 saturated heterocycles. The van der Waals surface area contributed by atoms with E-state index in [9.17, 15) is 4.79 Å². The van der Waals surface area contributed by atoms with Gasteiger partial charge in [-0.15, -0.1) is 11.3 Å². The van der Waals surface area contributed by atoms with E-state index >= 15 is 0 Å².